The molecule has 5 heteroatoms. The Hall–Kier alpha value is -2.04. The van der Waals surface area contributed by atoms with Gasteiger partial charge in [0.25, 0.3) is 0 Å². The molecule has 0 unspecified atom stereocenters. The third kappa shape index (κ3) is 8.92. The molecule has 0 aliphatic rings. The Morgan fingerprint density at radius 2 is 1.29 bits per heavy atom. The van der Waals surface area contributed by atoms with Crippen molar-refractivity contribution in [2.75, 3.05) is 6.61 Å². The molecule has 0 aliphatic carbocycles. The van der Waals surface area contributed by atoms with Crippen LogP contribution in [0.3, 0.4) is 0 Å². The van der Waals surface area contributed by atoms with Crippen molar-refractivity contribution in [3.8, 4) is 17.1 Å². The maximum atomic E-state index is 14.5. The van der Waals surface area contributed by atoms with Crippen molar-refractivity contribution in [2.24, 2.45) is 0 Å². The number of ether oxygens (including phenoxy) is 1. The maximum Gasteiger partial charge on any atom is 0.201 e. The molecule has 31 heavy (non-hydrogen) atoms. The average Bonchev–Trinajstić information content (AvgIpc) is 2.79. The summed E-state index contributed by atoms with van der Waals surface area (Å²) in [7, 11) is 0. The van der Waals surface area contributed by atoms with Gasteiger partial charge >= 0.3 is 0 Å². The van der Waals surface area contributed by atoms with Gasteiger partial charge in [-0.05, 0) is 37.0 Å². The molecule has 0 radical (unpaired) electrons. The summed E-state index contributed by atoms with van der Waals surface area (Å²) in [6.07, 6.45) is 18.6. The molecular formula is C26H38F2N2O. The predicted octanol–water partition coefficient (Wildman–Crippen LogP) is 8.06. The number of nitrogens with zero attached hydrogens (tertiary/aromatic N) is 2. The summed E-state index contributed by atoms with van der Waals surface area (Å²) in [5, 5.41) is 0. The molecule has 0 amide bonds. The van der Waals surface area contributed by atoms with E-state index in [1.165, 1.54) is 57.1 Å². The third-order valence-electron chi connectivity index (χ3n) is 5.57. The zero-order chi connectivity index (χ0) is 22.3. The Morgan fingerprint density at radius 1 is 0.710 bits per heavy atom. The lowest BCUT2D eigenvalue weighted by Crippen LogP contribution is -2.03. The minimum atomic E-state index is -0.973. The zero-order valence-corrected chi connectivity index (χ0v) is 19.3. The van der Waals surface area contributed by atoms with Gasteiger partial charge in [-0.1, -0.05) is 78.1 Å². The molecule has 2 rings (SSSR count). The smallest absolute Gasteiger partial charge is 0.201 e. The van der Waals surface area contributed by atoms with E-state index in [2.05, 4.69) is 23.8 Å². The van der Waals surface area contributed by atoms with Gasteiger partial charge in [-0.3, -0.25) is 0 Å². The van der Waals surface area contributed by atoms with Gasteiger partial charge in [-0.2, -0.15) is 4.39 Å². The quantitative estimate of drug-likeness (QED) is 0.252. The molecule has 1 heterocycles. The first kappa shape index (κ1) is 25.2. The first-order valence-electron chi connectivity index (χ1n) is 12.1. The number of hydrogen-bond acceptors (Lipinski definition) is 3. The molecule has 0 saturated carbocycles. The van der Waals surface area contributed by atoms with E-state index in [-0.39, 0.29) is 17.1 Å². The Kier molecular flexibility index (Phi) is 12.1. The molecule has 0 bridgehead atoms. The number of benzene rings is 1. The van der Waals surface area contributed by atoms with Gasteiger partial charge in [-0.15, -0.1) is 0 Å². The van der Waals surface area contributed by atoms with Gasteiger partial charge in [0.2, 0.25) is 5.82 Å². The lowest BCUT2D eigenvalue weighted by Gasteiger charge is -2.10. The second kappa shape index (κ2) is 14.9. The van der Waals surface area contributed by atoms with Crippen LogP contribution in [0.4, 0.5) is 8.78 Å². The molecule has 0 N–H and O–H groups in total. The van der Waals surface area contributed by atoms with Crippen LogP contribution in [0, 0.1) is 11.6 Å². The SMILES string of the molecule is CCCCCCCCCCc1cnc(-c2ccc(OCCCCCC)c(F)c2F)nc1. The molecule has 1 aromatic carbocycles. The third-order valence-corrected chi connectivity index (χ3v) is 5.57. The first-order valence-corrected chi connectivity index (χ1v) is 12.1. The van der Waals surface area contributed by atoms with Crippen molar-refractivity contribution in [3.63, 3.8) is 0 Å². The maximum absolute atomic E-state index is 14.5. The fourth-order valence-corrected chi connectivity index (χ4v) is 3.61. The minimum absolute atomic E-state index is 0.0518. The van der Waals surface area contributed by atoms with Crippen molar-refractivity contribution in [1.82, 2.24) is 9.97 Å². The molecule has 0 saturated heterocycles. The highest BCUT2D eigenvalue weighted by atomic mass is 19.2. The molecule has 2 aromatic rings. The van der Waals surface area contributed by atoms with Crippen LogP contribution in [0.1, 0.15) is 96.5 Å². The monoisotopic (exact) mass is 432 g/mol. The second-order valence-corrected chi connectivity index (χ2v) is 8.29. The van der Waals surface area contributed by atoms with Gasteiger partial charge in [0.05, 0.1) is 12.2 Å². The number of rotatable bonds is 16. The number of aromatic nitrogens is 2. The minimum Gasteiger partial charge on any atom is -0.490 e. The average molecular weight is 433 g/mol. The van der Waals surface area contributed by atoms with E-state index in [4.69, 9.17) is 4.74 Å². The van der Waals surface area contributed by atoms with Gasteiger partial charge < -0.3 is 4.74 Å². The summed E-state index contributed by atoms with van der Waals surface area (Å²) < 4.78 is 34.3. The summed E-state index contributed by atoms with van der Waals surface area (Å²) in [5.74, 6) is -1.78. The van der Waals surface area contributed by atoms with E-state index in [0.717, 1.165) is 44.1 Å². The van der Waals surface area contributed by atoms with Crippen molar-refractivity contribution in [3.05, 3.63) is 41.7 Å². The van der Waals surface area contributed by atoms with E-state index in [9.17, 15) is 8.78 Å². The van der Waals surface area contributed by atoms with Crippen molar-refractivity contribution in [2.45, 2.75) is 97.3 Å². The highest BCUT2D eigenvalue weighted by Crippen LogP contribution is 2.28. The molecule has 3 nitrogen and oxygen atoms in total. The topological polar surface area (TPSA) is 35.0 Å². The largest absolute Gasteiger partial charge is 0.490 e. The standard InChI is InChI=1S/C26H38F2N2O/c1-3-5-7-9-10-11-12-13-15-21-19-29-26(30-20-21)22-16-17-23(25(28)24(22)27)31-18-14-8-6-4-2/h16-17,19-20H,3-15,18H2,1-2H3. The summed E-state index contributed by atoms with van der Waals surface area (Å²) in [4.78, 5) is 8.53. The fourth-order valence-electron chi connectivity index (χ4n) is 3.61. The van der Waals surface area contributed by atoms with Gasteiger partial charge in [0.15, 0.2) is 17.4 Å². The van der Waals surface area contributed by atoms with Crippen LogP contribution in [0.5, 0.6) is 5.75 Å². The van der Waals surface area contributed by atoms with Crippen molar-refractivity contribution >= 4 is 0 Å². The Morgan fingerprint density at radius 3 is 1.94 bits per heavy atom. The molecule has 0 aliphatic heterocycles. The van der Waals surface area contributed by atoms with Crippen LogP contribution in [-0.2, 0) is 6.42 Å². The van der Waals surface area contributed by atoms with Crippen LogP contribution >= 0.6 is 0 Å². The van der Waals surface area contributed by atoms with Crippen LogP contribution in [-0.4, -0.2) is 16.6 Å². The molecule has 1 aromatic heterocycles. The number of aryl methyl sites for hydroxylation is 1. The number of hydrogen-bond donors (Lipinski definition) is 0. The van der Waals surface area contributed by atoms with E-state index >= 15 is 0 Å². The zero-order valence-electron chi connectivity index (χ0n) is 19.3. The summed E-state index contributed by atoms with van der Waals surface area (Å²) in [6.45, 7) is 4.75. The van der Waals surface area contributed by atoms with Crippen LogP contribution in [0.2, 0.25) is 0 Å². The van der Waals surface area contributed by atoms with Gasteiger partial charge in [-0.25, -0.2) is 14.4 Å². The highest BCUT2D eigenvalue weighted by Gasteiger charge is 2.17. The van der Waals surface area contributed by atoms with Crippen LogP contribution in [0.25, 0.3) is 11.4 Å². The summed E-state index contributed by atoms with van der Waals surface area (Å²) >= 11 is 0. The predicted molar refractivity (Wildman–Crippen MR) is 123 cm³/mol. The number of halogens is 2. The Bertz CT molecular complexity index is 750. The van der Waals surface area contributed by atoms with E-state index in [0.29, 0.717) is 6.61 Å². The van der Waals surface area contributed by atoms with Crippen LogP contribution in [0.15, 0.2) is 24.5 Å². The van der Waals surface area contributed by atoms with Crippen molar-refractivity contribution < 1.29 is 13.5 Å². The lowest BCUT2D eigenvalue weighted by molar-refractivity contribution is 0.285. The fraction of sp³-hybridized carbons (Fsp3) is 0.615. The molecule has 0 spiro atoms. The second-order valence-electron chi connectivity index (χ2n) is 8.29. The number of unbranched alkanes of at least 4 members (excludes halogenated alkanes) is 10. The normalized spacial score (nSPS) is 11.1. The van der Waals surface area contributed by atoms with E-state index in [1.807, 2.05) is 0 Å². The lowest BCUT2D eigenvalue weighted by atomic mass is 10.1. The first-order chi connectivity index (χ1) is 15.2. The van der Waals surface area contributed by atoms with Crippen molar-refractivity contribution in [1.29, 1.82) is 0 Å². The Labute approximate surface area is 186 Å². The molecule has 0 atom stereocenters. The van der Waals surface area contributed by atoms with Gasteiger partial charge in [0.1, 0.15) is 0 Å². The molecular weight excluding hydrogens is 394 g/mol. The van der Waals surface area contributed by atoms with E-state index < -0.39 is 11.6 Å². The van der Waals surface area contributed by atoms with E-state index in [1.54, 1.807) is 12.4 Å². The summed E-state index contributed by atoms with van der Waals surface area (Å²) in [5.41, 5.74) is 1.09. The summed E-state index contributed by atoms with van der Waals surface area (Å²) in [6, 6.07) is 2.96. The molecule has 0 fully saturated rings. The van der Waals surface area contributed by atoms with Crippen LogP contribution < -0.4 is 4.74 Å². The van der Waals surface area contributed by atoms with Gasteiger partial charge in [0, 0.05) is 12.4 Å². The Balaban J connectivity index is 1.81. The highest BCUT2D eigenvalue weighted by molar-refractivity contribution is 5.57. The molecule has 172 valence electrons.